The molecule has 0 aliphatic carbocycles. The van der Waals surface area contributed by atoms with Crippen LogP contribution in [0.2, 0.25) is 15.1 Å². The molecule has 1 aliphatic rings. The van der Waals surface area contributed by atoms with Gasteiger partial charge in [-0.2, -0.15) is 10.0 Å². The van der Waals surface area contributed by atoms with Crippen molar-refractivity contribution in [1.29, 1.82) is 0 Å². The van der Waals surface area contributed by atoms with Crippen LogP contribution in [0.3, 0.4) is 0 Å². The van der Waals surface area contributed by atoms with Gasteiger partial charge in [0.1, 0.15) is 5.69 Å². The molecule has 1 saturated heterocycles. The average Bonchev–Trinajstić information content (AvgIpc) is 3.48. The number of rotatable bonds is 15. The molecule has 2 heterocycles. The van der Waals surface area contributed by atoms with Gasteiger partial charge in [0.25, 0.3) is 17.4 Å². The van der Waals surface area contributed by atoms with Crippen molar-refractivity contribution in [2.24, 2.45) is 5.92 Å². The number of aromatic amines is 1. The lowest BCUT2D eigenvalue weighted by Crippen LogP contribution is -2.50. The second-order valence-electron chi connectivity index (χ2n) is 10.9. The minimum absolute atomic E-state index is 0.00534. The minimum Gasteiger partial charge on any atom is -0.274 e. The van der Waals surface area contributed by atoms with Crippen LogP contribution in [0.25, 0.3) is 5.69 Å². The van der Waals surface area contributed by atoms with Gasteiger partial charge in [0.05, 0.1) is 10.0 Å². The molecule has 1 N–H and O–H groups in total. The van der Waals surface area contributed by atoms with E-state index in [0.717, 1.165) is 40.0 Å². The van der Waals surface area contributed by atoms with Gasteiger partial charge < -0.3 is 0 Å². The normalized spacial score (nSPS) is 15.0. The molecule has 0 saturated carbocycles. The first-order valence-corrected chi connectivity index (χ1v) is 16.1. The van der Waals surface area contributed by atoms with Crippen molar-refractivity contribution in [2.75, 3.05) is 5.01 Å². The number of hydrogen-bond acceptors (Lipinski definition) is 4. The molecule has 1 fully saturated rings. The van der Waals surface area contributed by atoms with Crippen molar-refractivity contribution in [2.45, 2.75) is 84.0 Å². The number of imide groups is 1. The summed E-state index contributed by atoms with van der Waals surface area (Å²) in [5, 5.41) is 5.09. The fraction of sp³-hybridized carbons (Fsp3) is 0.438. The van der Waals surface area contributed by atoms with Crippen molar-refractivity contribution < 1.29 is 14.4 Å². The zero-order chi connectivity index (χ0) is 30.9. The Hall–Kier alpha value is -3.07. The van der Waals surface area contributed by atoms with Crippen LogP contribution in [0.5, 0.6) is 0 Å². The SMILES string of the molecule is CCCCCCCCCCCCC1CC(=O)N(N(C(=O)c2ccccc2)c2cc(=O)n(-c3c(Cl)cc(Cl)cc3Cl)[nH]2)C1=O. The van der Waals surface area contributed by atoms with Crippen LogP contribution in [0.15, 0.2) is 53.3 Å². The third-order valence-electron chi connectivity index (χ3n) is 7.67. The topological polar surface area (TPSA) is 95.5 Å². The number of H-pyrrole nitrogens is 1. The molecule has 4 rings (SSSR count). The highest BCUT2D eigenvalue weighted by Gasteiger charge is 2.44. The highest BCUT2D eigenvalue weighted by molar-refractivity contribution is 6.40. The molecule has 1 unspecified atom stereocenters. The fourth-order valence-electron chi connectivity index (χ4n) is 5.41. The van der Waals surface area contributed by atoms with E-state index in [9.17, 15) is 19.2 Å². The maximum absolute atomic E-state index is 13.8. The smallest absolute Gasteiger partial charge is 0.274 e. The van der Waals surface area contributed by atoms with E-state index >= 15 is 0 Å². The standard InChI is InChI=1S/C32H37Cl3N4O4/c1-2-3-4-5-6-7-8-9-10-12-17-23-18-29(41)39(32(23)43)38(31(42)22-15-13-11-14-16-22)27-21-28(40)37(36-27)30-25(34)19-24(33)20-26(30)35/h11,13-16,19-21,23,36H,2-10,12,17-18H2,1H3. The number of hydrazine groups is 1. The lowest BCUT2D eigenvalue weighted by atomic mass is 9.98. The Balaban J connectivity index is 1.51. The Morgan fingerprint density at radius 2 is 1.44 bits per heavy atom. The first-order valence-electron chi connectivity index (χ1n) is 15.0. The molecule has 2 aromatic carbocycles. The van der Waals surface area contributed by atoms with Gasteiger partial charge >= 0.3 is 0 Å². The predicted molar refractivity (Wildman–Crippen MR) is 171 cm³/mol. The third-order valence-corrected chi connectivity index (χ3v) is 8.47. The number of carbonyl (C=O) groups is 3. The largest absolute Gasteiger partial charge is 0.279 e. The molecule has 8 nitrogen and oxygen atoms in total. The van der Waals surface area contributed by atoms with E-state index in [1.165, 1.54) is 57.1 Å². The molecule has 230 valence electrons. The molecule has 0 spiro atoms. The summed E-state index contributed by atoms with van der Waals surface area (Å²) in [6, 6.07) is 12.2. The summed E-state index contributed by atoms with van der Waals surface area (Å²) in [6.45, 7) is 2.22. The Morgan fingerprint density at radius 3 is 2.05 bits per heavy atom. The summed E-state index contributed by atoms with van der Waals surface area (Å²) < 4.78 is 1.05. The van der Waals surface area contributed by atoms with E-state index in [2.05, 4.69) is 12.0 Å². The molecule has 1 aromatic heterocycles. The molecule has 11 heteroatoms. The molecule has 1 atom stereocenters. The van der Waals surface area contributed by atoms with Crippen LogP contribution in [0, 0.1) is 5.92 Å². The van der Waals surface area contributed by atoms with Crippen molar-refractivity contribution in [3.8, 4) is 5.69 Å². The fourth-order valence-corrected chi connectivity index (χ4v) is 6.40. The van der Waals surface area contributed by atoms with Gasteiger partial charge in [-0.1, -0.05) is 124 Å². The van der Waals surface area contributed by atoms with Crippen molar-refractivity contribution in [3.63, 3.8) is 0 Å². The van der Waals surface area contributed by atoms with Gasteiger partial charge in [0.2, 0.25) is 5.91 Å². The minimum atomic E-state index is -0.649. The van der Waals surface area contributed by atoms with Crippen LogP contribution in [-0.4, -0.2) is 32.5 Å². The van der Waals surface area contributed by atoms with E-state index in [1.54, 1.807) is 30.3 Å². The van der Waals surface area contributed by atoms with Gasteiger partial charge in [-0.05, 0) is 30.7 Å². The molecule has 3 aromatic rings. The van der Waals surface area contributed by atoms with Crippen molar-refractivity contribution in [3.05, 3.63) is 79.5 Å². The zero-order valence-corrected chi connectivity index (χ0v) is 26.6. The third kappa shape index (κ3) is 8.11. The number of carbonyl (C=O) groups excluding carboxylic acids is 3. The number of nitrogens with one attached hydrogen (secondary N) is 1. The second-order valence-corrected chi connectivity index (χ2v) is 12.2. The predicted octanol–water partition coefficient (Wildman–Crippen LogP) is 8.37. The monoisotopic (exact) mass is 646 g/mol. The molecular weight excluding hydrogens is 611 g/mol. The number of anilines is 1. The molecule has 0 bridgehead atoms. The zero-order valence-electron chi connectivity index (χ0n) is 24.3. The Bertz CT molecular complexity index is 1460. The molecule has 0 radical (unpaired) electrons. The van der Waals surface area contributed by atoms with E-state index in [0.29, 0.717) is 6.42 Å². The number of unbranched alkanes of at least 4 members (excludes halogenated alkanes) is 9. The number of benzene rings is 2. The number of amides is 3. The number of halogens is 3. The van der Waals surface area contributed by atoms with Gasteiger partial charge in [-0.15, -0.1) is 0 Å². The van der Waals surface area contributed by atoms with Gasteiger partial charge in [0.15, 0.2) is 5.82 Å². The van der Waals surface area contributed by atoms with Crippen LogP contribution in [0.1, 0.15) is 94.3 Å². The van der Waals surface area contributed by atoms with Gasteiger partial charge in [-0.3, -0.25) is 24.3 Å². The lowest BCUT2D eigenvalue weighted by molar-refractivity contribution is -0.139. The summed E-state index contributed by atoms with van der Waals surface area (Å²) in [5.74, 6) is -2.25. The quantitative estimate of drug-likeness (QED) is 0.132. The van der Waals surface area contributed by atoms with E-state index < -0.39 is 29.2 Å². The lowest BCUT2D eigenvalue weighted by Gasteiger charge is -2.29. The van der Waals surface area contributed by atoms with Crippen LogP contribution in [0.4, 0.5) is 5.82 Å². The summed E-state index contributed by atoms with van der Waals surface area (Å²) in [7, 11) is 0. The van der Waals surface area contributed by atoms with Crippen LogP contribution in [-0.2, 0) is 9.59 Å². The second kappa shape index (κ2) is 15.6. The van der Waals surface area contributed by atoms with Crippen molar-refractivity contribution >= 4 is 58.3 Å². The Morgan fingerprint density at radius 1 is 0.860 bits per heavy atom. The highest BCUT2D eigenvalue weighted by atomic mass is 35.5. The Kier molecular flexibility index (Phi) is 11.9. The number of nitrogens with zero attached hydrogens (tertiary/aromatic N) is 3. The van der Waals surface area contributed by atoms with Gasteiger partial charge in [0, 0.05) is 29.0 Å². The summed E-state index contributed by atoms with van der Waals surface area (Å²) in [6.07, 6.45) is 12.2. The maximum Gasteiger partial charge on any atom is 0.279 e. The molecule has 3 amide bonds. The van der Waals surface area contributed by atoms with Gasteiger partial charge in [-0.25, -0.2) is 4.68 Å². The first-order chi connectivity index (χ1) is 20.7. The maximum atomic E-state index is 13.8. The van der Waals surface area contributed by atoms with Crippen LogP contribution < -0.4 is 10.6 Å². The molecular formula is C32H37Cl3N4O4. The highest BCUT2D eigenvalue weighted by Crippen LogP contribution is 2.33. The summed E-state index contributed by atoms with van der Waals surface area (Å²) in [5.41, 5.74) is -0.251. The number of aromatic nitrogens is 2. The van der Waals surface area contributed by atoms with Crippen LogP contribution >= 0.6 is 34.8 Å². The first kappa shape index (κ1) is 32.8. The molecule has 43 heavy (non-hydrogen) atoms. The van der Waals surface area contributed by atoms with E-state index in [1.807, 2.05) is 0 Å². The van der Waals surface area contributed by atoms with E-state index in [4.69, 9.17) is 34.8 Å². The summed E-state index contributed by atoms with van der Waals surface area (Å²) in [4.78, 5) is 53.8. The molecule has 1 aliphatic heterocycles. The number of hydrogen-bond donors (Lipinski definition) is 1. The van der Waals surface area contributed by atoms with E-state index in [-0.39, 0.29) is 38.6 Å². The average molecular weight is 648 g/mol. The van der Waals surface area contributed by atoms with Crippen molar-refractivity contribution in [1.82, 2.24) is 14.8 Å². The summed E-state index contributed by atoms with van der Waals surface area (Å²) >= 11 is 18.7. The Labute approximate surface area is 266 Å².